The minimum atomic E-state index is -0.414. The van der Waals surface area contributed by atoms with E-state index in [0.717, 1.165) is 16.2 Å². The molecule has 33 heavy (non-hydrogen) atoms. The molecule has 166 valence electrons. The van der Waals surface area contributed by atoms with Gasteiger partial charge in [0.25, 0.3) is 5.56 Å². The zero-order chi connectivity index (χ0) is 22.9. The van der Waals surface area contributed by atoms with E-state index < -0.39 is 11.0 Å². The Bertz CT molecular complexity index is 1570. The molecule has 0 saturated carbocycles. The molecule has 0 aliphatic heterocycles. The van der Waals surface area contributed by atoms with Crippen molar-refractivity contribution in [1.82, 2.24) is 9.55 Å². The van der Waals surface area contributed by atoms with Crippen molar-refractivity contribution in [3.8, 4) is 22.2 Å². The lowest BCUT2D eigenvalue weighted by molar-refractivity contribution is 0.414. The Morgan fingerprint density at radius 3 is 2.45 bits per heavy atom. The zero-order valence-electron chi connectivity index (χ0n) is 18.0. The predicted octanol–water partition coefficient (Wildman–Crippen LogP) is 4.49. The van der Waals surface area contributed by atoms with E-state index >= 15 is 0 Å². The Balaban J connectivity index is 1.69. The summed E-state index contributed by atoms with van der Waals surface area (Å²) in [6, 6.07) is 16.4. The second kappa shape index (κ2) is 8.55. The molecule has 3 aromatic heterocycles. The van der Waals surface area contributed by atoms with E-state index in [4.69, 9.17) is 13.9 Å². The topological polar surface area (TPSA) is 83.6 Å². The van der Waals surface area contributed by atoms with Crippen LogP contribution in [0.25, 0.3) is 32.8 Å². The molecule has 0 spiro atoms. The minimum Gasteiger partial charge on any atom is -0.497 e. The molecule has 0 aliphatic carbocycles. The molecule has 5 rings (SSSR count). The van der Waals surface area contributed by atoms with Crippen LogP contribution < -0.4 is 20.5 Å². The number of fused-ring (bicyclic) bond motifs is 2. The number of aromatic nitrogens is 2. The highest BCUT2D eigenvalue weighted by Crippen LogP contribution is 2.26. The molecule has 0 aliphatic rings. The third-order valence-electron chi connectivity index (χ3n) is 5.53. The highest BCUT2D eigenvalue weighted by Gasteiger charge is 2.19. The fraction of sp³-hybridized carbons (Fsp3) is 0.160. The molecule has 0 bridgehead atoms. The second-order valence-electron chi connectivity index (χ2n) is 7.44. The van der Waals surface area contributed by atoms with E-state index in [0.29, 0.717) is 35.5 Å². The molecule has 0 N–H and O–H groups in total. The van der Waals surface area contributed by atoms with Gasteiger partial charge in [0.2, 0.25) is 11.1 Å². The first kappa shape index (κ1) is 21.0. The van der Waals surface area contributed by atoms with Crippen LogP contribution in [0, 0.1) is 0 Å². The first-order chi connectivity index (χ1) is 16.1. The van der Waals surface area contributed by atoms with Gasteiger partial charge in [-0.2, -0.15) is 4.98 Å². The fourth-order valence-electron chi connectivity index (χ4n) is 3.78. The average molecular weight is 461 g/mol. The molecule has 0 radical (unpaired) electrons. The van der Waals surface area contributed by atoms with E-state index in [9.17, 15) is 9.59 Å². The number of benzene rings is 2. The van der Waals surface area contributed by atoms with Gasteiger partial charge in [-0.3, -0.25) is 14.2 Å². The maximum Gasteiger partial charge on any atom is 0.269 e. The van der Waals surface area contributed by atoms with Gasteiger partial charge in [-0.25, -0.2) is 0 Å². The highest BCUT2D eigenvalue weighted by molar-refractivity contribution is 7.13. The van der Waals surface area contributed by atoms with E-state index in [-0.39, 0.29) is 11.1 Å². The fourth-order valence-corrected chi connectivity index (χ4v) is 4.50. The van der Waals surface area contributed by atoms with Gasteiger partial charge in [0.15, 0.2) is 11.2 Å². The van der Waals surface area contributed by atoms with E-state index in [2.05, 4.69) is 4.98 Å². The van der Waals surface area contributed by atoms with E-state index in [1.165, 1.54) is 18.4 Å². The van der Waals surface area contributed by atoms with Gasteiger partial charge >= 0.3 is 0 Å². The van der Waals surface area contributed by atoms with Crippen LogP contribution in [-0.4, -0.2) is 23.8 Å². The maximum atomic E-state index is 13.6. The number of rotatable bonds is 6. The van der Waals surface area contributed by atoms with Gasteiger partial charge in [-0.15, -0.1) is 11.3 Å². The van der Waals surface area contributed by atoms with Crippen LogP contribution in [0.4, 0.5) is 0 Å². The highest BCUT2D eigenvalue weighted by atomic mass is 32.1. The van der Waals surface area contributed by atoms with E-state index in [1.54, 1.807) is 29.9 Å². The van der Waals surface area contributed by atoms with Gasteiger partial charge < -0.3 is 13.9 Å². The Morgan fingerprint density at radius 2 is 1.76 bits per heavy atom. The van der Waals surface area contributed by atoms with Crippen molar-refractivity contribution in [2.24, 2.45) is 0 Å². The molecule has 7 nitrogen and oxygen atoms in total. The summed E-state index contributed by atoms with van der Waals surface area (Å²) in [7, 11) is 3.16. The molecule has 0 saturated heterocycles. The molecule has 0 unspecified atom stereocenters. The Labute approximate surface area is 192 Å². The first-order valence-electron chi connectivity index (χ1n) is 10.3. The summed E-state index contributed by atoms with van der Waals surface area (Å²) in [5.41, 5.74) is 0.574. The molecule has 0 amide bonds. The summed E-state index contributed by atoms with van der Waals surface area (Å²) < 4.78 is 17.9. The van der Waals surface area contributed by atoms with Crippen LogP contribution >= 0.6 is 11.3 Å². The molecule has 5 aromatic rings. The lowest BCUT2D eigenvalue weighted by atomic mass is 10.1. The Kier molecular flexibility index (Phi) is 5.43. The van der Waals surface area contributed by atoms with Crippen molar-refractivity contribution in [3.05, 3.63) is 86.1 Å². The summed E-state index contributed by atoms with van der Waals surface area (Å²) in [6.07, 6.45) is 0.589. The Morgan fingerprint density at radius 1 is 1.00 bits per heavy atom. The zero-order valence-corrected chi connectivity index (χ0v) is 18.8. The van der Waals surface area contributed by atoms with Gasteiger partial charge in [-0.1, -0.05) is 18.2 Å². The molecule has 8 heteroatoms. The quantitative estimate of drug-likeness (QED) is 0.347. The number of nitrogens with zero attached hydrogens (tertiary/aromatic N) is 2. The molecular formula is C25H20N2O5S. The molecule has 3 heterocycles. The smallest absolute Gasteiger partial charge is 0.269 e. The number of hydrogen-bond acceptors (Lipinski definition) is 7. The molecular weight excluding hydrogens is 440 g/mol. The van der Waals surface area contributed by atoms with Crippen LogP contribution in [0.5, 0.6) is 11.5 Å². The van der Waals surface area contributed by atoms with Crippen molar-refractivity contribution < 1.29 is 13.9 Å². The number of methoxy groups -OCH3 is 2. The van der Waals surface area contributed by atoms with Crippen LogP contribution in [0.1, 0.15) is 5.56 Å². The van der Waals surface area contributed by atoms with Gasteiger partial charge in [0, 0.05) is 12.6 Å². The summed E-state index contributed by atoms with van der Waals surface area (Å²) in [5.74, 6) is 1.79. The SMILES string of the molecule is COc1ccc(CCn2c(-c3cccs3)nc3oc4cc(OC)ccc4c(=O)c3c2=O)cc1. The minimum absolute atomic E-state index is 0.0230. The number of ether oxygens (including phenoxy) is 2. The number of hydrogen-bond donors (Lipinski definition) is 0. The average Bonchev–Trinajstić information content (AvgIpc) is 3.38. The normalized spacial score (nSPS) is 11.2. The van der Waals surface area contributed by atoms with Crippen molar-refractivity contribution in [2.75, 3.05) is 14.2 Å². The number of aryl methyl sites for hydroxylation is 1. The van der Waals surface area contributed by atoms with Crippen molar-refractivity contribution >= 4 is 33.4 Å². The van der Waals surface area contributed by atoms with Gasteiger partial charge in [-0.05, 0) is 47.7 Å². The van der Waals surface area contributed by atoms with Crippen LogP contribution in [0.3, 0.4) is 0 Å². The molecule has 2 aromatic carbocycles. The van der Waals surface area contributed by atoms with Crippen molar-refractivity contribution in [1.29, 1.82) is 0 Å². The molecule has 0 atom stereocenters. The van der Waals surface area contributed by atoms with Crippen LogP contribution in [-0.2, 0) is 13.0 Å². The summed E-state index contributed by atoms with van der Waals surface area (Å²) in [5, 5.41) is 2.18. The summed E-state index contributed by atoms with van der Waals surface area (Å²) in [4.78, 5) is 32.3. The monoisotopic (exact) mass is 460 g/mol. The predicted molar refractivity (Wildman–Crippen MR) is 129 cm³/mol. The second-order valence-corrected chi connectivity index (χ2v) is 8.39. The van der Waals surface area contributed by atoms with Crippen molar-refractivity contribution in [2.45, 2.75) is 13.0 Å². The van der Waals surface area contributed by atoms with Crippen LogP contribution in [0.15, 0.2) is 74.0 Å². The van der Waals surface area contributed by atoms with Gasteiger partial charge in [0.05, 0.1) is 24.5 Å². The molecule has 0 fully saturated rings. The van der Waals surface area contributed by atoms with E-state index in [1.807, 2.05) is 41.8 Å². The largest absolute Gasteiger partial charge is 0.497 e. The third kappa shape index (κ3) is 3.78. The van der Waals surface area contributed by atoms with Crippen LogP contribution in [0.2, 0.25) is 0 Å². The lowest BCUT2D eigenvalue weighted by Gasteiger charge is -2.13. The summed E-state index contributed by atoms with van der Waals surface area (Å²) >= 11 is 1.47. The first-order valence-corrected chi connectivity index (χ1v) is 11.2. The van der Waals surface area contributed by atoms with Gasteiger partial charge in [0.1, 0.15) is 17.1 Å². The third-order valence-corrected chi connectivity index (χ3v) is 6.39. The lowest BCUT2D eigenvalue weighted by Crippen LogP contribution is -2.28. The Hall–Kier alpha value is -3.91. The van der Waals surface area contributed by atoms with Crippen molar-refractivity contribution in [3.63, 3.8) is 0 Å². The maximum absolute atomic E-state index is 13.6. The number of thiophene rings is 1. The summed E-state index contributed by atoms with van der Waals surface area (Å²) in [6.45, 7) is 0.363. The standard InChI is InChI=1S/C25H20N2O5S/c1-30-16-7-5-15(6-8-16)11-12-27-23(20-4-3-13-33-20)26-24-21(25(27)29)22(28)18-10-9-17(31-2)14-19(18)32-24/h3-10,13-14H,11-12H2,1-2H3.